The zero-order valence-corrected chi connectivity index (χ0v) is 50.5. The number of esters is 2. The molecule has 10 rings (SSSR count). The number of rotatable bonds is 16. The van der Waals surface area contributed by atoms with Crippen LogP contribution < -0.4 is 10.6 Å². The molecule has 6 aromatic rings. The first kappa shape index (κ1) is 63.5. The first-order valence-corrected chi connectivity index (χ1v) is 30.2. The lowest BCUT2D eigenvalue weighted by atomic mass is 9.98. The first-order chi connectivity index (χ1) is 40.9. The van der Waals surface area contributed by atoms with Crippen LogP contribution >= 0.6 is 0 Å². The molecule has 1 saturated heterocycles. The van der Waals surface area contributed by atoms with Crippen molar-refractivity contribution in [2.45, 2.75) is 135 Å². The van der Waals surface area contributed by atoms with E-state index in [4.69, 9.17) is 33.0 Å². The third kappa shape index (κ3) is 15.8. The molecular formula is C67H75N3O15S. The molecule has 1 unspecified atom stereocenters. The van der Waals surface area contributed by atoms with E-state index in [2.05, 4.69) is 59.2 Å². The first-order valence-electron chi connectivity index (χ1n) is 28.9. The van der Waals surface area contributed by atoms with E-state index in [1.165, 1.54) is 33.4 Å². The Kier molecular flexibility index (Phi) is 20.4. The predicted molar refractivity (Wildman–Crippen MR) is 323 cm³/mol. The lowest BCUT2D eigenvalue weighted by Gasteiger charge is -2.23. The molecule has 1 heterocycles. The number of carbonyl (C=O) groups is 6. The Labute approximate surface area is 502 Å². The van der Waals surface area contributed by atoms with E-state index in [0.717, 1.165) is 33.4 Å². The monoisotopic (exact) mass is 1190 g/mol. The summed E-state index contributed by atoms with van der Waals surface area (Å²) in [7, 11) is -4.34. The predicted octanol–water partition coefficient (Wildman–Crippen LogP) is 12.4. The third-order valence-corrected chi connectivity index (χ3v) is 16.3. The minimum atomic E-state index is -4.34. The Morgan fingerprint density at radius 1 is 0.512 bits per heavy atom. The van der Waals surface area contributed by atoms with Crippen molar-refractivity contribution in [3.05, 3.63) is 179 Å². The van der Waals surface area contributed by atoms with Gasteiger partial charge in [-0.05, 0) is 121 Å². The molecule has 3 aliphatic carbocycles. The Bertz CT molecular complexity index is 3420. The van der Waals surface area contributed by atoms with Gasteiger partial charge in [0.2, 0.25) is 0 Å². The van der Waals surface area contributed by atoms with Crippen molar-refractivity contribution < 1.29 is 70.2 Å². The number of benzene rings is 6. The van der Waals surface area contributed by atoms with Gasteiger partial charge < -0.3 is 39.4 Å². The van der Waals surface area contributed by atoms with Gasteiger partial charge in [-0.3, -0.25) is 18.6 Å². The van der Waals surface area contributed by atoms with Crippen LogP contribution in [0.5, 0.6) is 0 Å². The molecule has 4 aliphatic rings. The summed E-state index contributed by atoms with van der Waals surface area (Å²) in [5.74, 6) is -2.10. The van der Waals surface area contributed by atoms with Gasteiger partial charge in [-0.2, -0.15) is 12.7 Å². The summed E-state index contributed by atoms with van der Waals surface area (Å²) in [6.07, 6.45) is -1.31. The van der Waals surface area contributed by atoms with Crippen molar-refractivity contribution in [1.82, 2.24) is 14.9 Å². The van der Waals surface area contributed by atoms with Crippen LogP contribution in [-0.2, 0) is 52.6 Å². The van der Waals surface area contributed by atoms with Crippen molar-refractivity contribution in [3.8, 4) is 33.4 Å². The Balaban J connectivity index is 0.000000169. The molecule has 0 bridgehead atoms. The zero-order valence-electron chi connectivity index (χ0n) is 49.7. The number of amides is 3. The molecule has 1 fully saturated rings. The lowest BCUT2D eigenvalue weighted by Crippen LogP contribution is -2.42. The van der Waals surface area contributed by atoms with Gasteiger partial charge in [-0.25, -0.2) is 14.4 Å². The molecule has 3 atom stereocenters. The minimum absolute atomic E-state index is 0.00213. The van der Waals surface area contributed by atoms with Crippen LogP contribution in [0.25, 0.3) is 33.4 Å². The van der Waals surface area contributed by atoms with Gasteiger partial charge in [0.25, 0.3) is 0 Å². The average molecular weight is 1190 g/mol. The van der Waals surface area contributed by atoms with Gasteiger partial charge >= 0.3 is 46.5 Å². The largest absolute Gasteiger partial charge is 0.481 e. The van der Waals surface area contributed by atoms with Crippen molar-refractivity contribution in [2.24, 2.45) is 0 Å². The van der Waals surface area contributed by atoms with E-state index in [1.807, 2.05) is 132 Å². The van der Waals surface area contributed by atoms with Crippen molar-refractivity contribution in [1.29, 1.82) is 0 Å². The molecule has 3 N–H and O–H groups in total. The van der Waals surface area contributed by atoms with E-state index < -0.39 is 63.8 Å². The van der Waals surface area contributed by atoms with Crippen LogP contribution in [0, 0.1) is 0 Å². The zero-order chi connectivity index (χ0) is 61.9. The molecule has 3 amide bonds. The number of ether oxygens (including phenoxy) is 5. The fraction of sp³-hybridized carbons (Fsp3) is 0.373. The standard InChI is InChI=1S/C24H29NO4.C23H25NO7S.C20H21NO4/c1-5-16(14-22(26)29-24(2,3)4)25-23(27)28-15-21-19-12-8-6-10-17(19)18-11-7-9-13-20(18)21;1-23(2,3)31-21(25)12-15-13-30-32(27,28)24(15)22(26)29-14-20-18-10-6-4-8-16(18)17-9-5-7-11-19(17)20;1-2-13(11-19(22)23)21-20(24)25-12-18-16-9-5-3-7-14(16)15-8-4-6-10-17(15)18/h6-13,16,21H,5,14-15H2,1-4H3,(H,25,27);4-11,15,20H,12-14H2,1-3H3;3-10,13,18H,2,11-12H2,1H3,(H,21,24)(H,22,23)/t16-;;13-/m1.1/s1. The molecule has 0 saturated carbocycles. The van der Waals surface area contributed by atoms with E-state index in [0.29, 0.717) is 17.1 Å². The third-order valence-electron chi connectivity index (χ3n) is 14.9. The Morgan fingerprint density at radius 3 is 1.15 bits per heavy atom. The van der Waals surface area contributed by atoms with Crippen LogP contribution in [0.1, 0.15) is 139 Å². The van der Waals surface area contributed by atoms with Gasteiger partial charge in [0, 0.05) is 29.8 Å². The van der Waals surface area contributed by atoms with Crippen molar-refractivity contribution in [3.63, 3.8) is 0 Å². The van der Waals surface area contributed by atoms with Gasteiger partial charge in [0.1, 0.15) is 31.0 Å². The topological polar surface area (TPSA) is 239 Å². The van der Waals surface area contributed by atoms with Crippen molar-refractivity contribution >= 4 is 46.5 Å². The SMILES string of the molecule is CC(C)(C)OC(=O)CC1COS(=O)(=O)N1C(=O)OCC1c2ccccc2-c2ccccc21.CC[C@H](CC(=O)O)NC(=O)OCC1c2ccccc2-c2ccccc21.CC[C@H](CC(=O)OC(C)(C)C)NC(=O)OCC1c2ccccc2-c2ccccc21. The maximum Gasteiger partial charge on any atom is 0.425 e. The summed E-state index contributed by atoms with van der Waals surface area (Å²) in [5, 5.41) is 14.3. The molecular weight excluding hydrogens is 1120 g/mol. The molecule has 0 spiro atoms. The second-order valence-electron chi connectivity index (χ2n) is 23.3. The number of hydrogen-bond donors (Lipinski definition) is 3. The minimum Gasteiger partial charge on any atom is -0.481 e. The number of hydrogen-bond acceptors (Lipinski definition) is 14. The normalized spacial score (nSPS) is 15.9. The van der Waals surface area contributed by atoms with Crippen LogP contribution in [0.3, 0.4) is 0 Å². The van der Waals surface area contributed by atoms with Crippen LogP contribution in [0.15, 0.2) is 146 Å². The van der Waals surface area contributed by atoms with Crippen molar-refractivity contribution in [2.75, 3.05) is 26.4 Å². The summed E-state index contributed by atoms with van der Waals surface area (Å²) in [4.78, 5) is 72.3. The number of aliphatic carboxylic acids is 1. The number of carbonyl (C=O) groups excluding carboxylic acids is 5. The number of carboxylic acids is 1. The van der Waals surface area contributed by atoms with Gasteiger partial charge in [-0.1, -0.05) is 159 Å². The second kappa shape index (κ2) is 27.7. The van der Waals surface area contributed by atoms with E-state index in [1.54, 1.807) is 20.8 Å². The number of fused-ring (bicyclic) bond motifs is 9. The number of nitrogens with one attached hydrogen (secondary N) is 2. The number of carboxylic acid groups (broad SMARTS) is 1. The maximum absolute atomic E-state index is 12.8. The van der Waals surface area contributed by atoms with Gasteiger partial charge in [0.05, 0.1) is 31.9 Å². The highest BCUT2D eigenvalue weighted by atomic mass is 32.2. The highest BCUT2D eigenvalue weighted by Gasteiger charge is 2.46. The molecule has 18 nitrogen and oxygen atoms in total. The molecule has 454 valence electrons. The Hall–Kier alpha value is -8.55. The average Bonchev–Trinajstić information content (AvgIpc) is 2.44. The summed E-state index contributed by atoms with van der Waals surface area (Å²) in [6, 6.07) is 46.6. The summed E-state index contributed by atoms with van der Waals surface area (Å²) in [5.41, 5.74) is 12.2. The molecule has 19 heteroatoms. The fourth-order valence-corrected chi connectivity index (χ4v) is 12.3. The molecule has 0 radical (unpaired) electrons. The van der Waals surface area contributed by atoms with Crippen LogP contribution in [0.2, 0.25) is 0 Å². The van der Waals surface area contributed by atoms with Crippen LogP contribution in [0.4, 0.5) is 14.4 Å². The summed E-state index contributed by atoms with van der Waals surface area (Å²) >= 11 is 0. The number of nitrogens with zero attached hydrogens (tertiary/aromatic N) is 1. The quantitative estimate of drug-likeness (QED) is 0.0603. The smallest absolute Gasteiger partial charge is 0.425 e. The van der Waals surface area contributed by atoms with Crippen LogP contribution in [-0.4, -0.2) is 110 Å². The molecule has 1 aliphatic heterocycles. The Morgan fingerprint density at radius 2 is 0.826 bits per heavy atom. The van der Waals surface area contributed by atoms with Gasteiger partial charge in [0.15, 0.2) is 0 Å². The lowest BCUT2D eigenvalue weighted by molar-refractivity contribution is -0.156. The van der Waals surface area contributed by atoms with Gasteiger partial charge in [-0.15, -0.1) is 0 Å². The fourth-order valence-electron chi connectivity index (χ4n) is 11.1. The molecule has 86 heavy (non-hydrogen) atoms. The maximum atomic E-state index is 12.8. The molecule has 0 aromatic heterocycles. The van der Waals surface area contributed by atoms with E-state index in [9.17, 15) is 37.2 Å². The second-order valence-corrected chi connectivity index (χ2v) is 24.8. The highest BCUT2D eigenvalue weighted by Crippen LogP contribution is 2.47. The molecule has 6 aromatic carbocycles. The van der Waals surface area contributed by atoms with E-state index >= 15 is 0 Å². The highest BCUT2D eigenvalue weighted by molar-refractivity contribution is 7.85. The number of alkyl carbamates (subject to hydrolysis) is 2. The van der Waals surface area contributed by atoms with E-state index in [-0.39, 0.29) is 75.5 Å². The summed E-state index contributed by atoms with van der Waals surface area (Å²) < 4.78 is 56.9. The summed E-state index contributed by atoms with van der Waals surface area (Å²) in [6.45, 7) is 14.4.